The molecule has 0 atom stereocenters. The van der Waals surface area contributed by atoms with Gasteiger partial charge < -0.3 is 14.8 Å². The lowest BCUT2D eigenvalue weighted by Crippen LogP contribution is -2.15. The fraction of sp³-hybridized carbons (Fsp3) is 0.357. The largest absolute Gasteiger partial charge is 0.481 e. The maximum Gasteiger partial charge on any atom is 0.303 e. The van der Waals surface area contributed by atoms with Crippen LogP contribution in [0.5, 0.6) is 0 Å². The summed E-state index contributed by atoms with van der Waals surface area (Å²) in [5.74, 6) is 0.203. The summed E-state index contributed by atoms with van der Waals surface area (Å²) >= 11 is 0. The molecule has 2 rings (SSSR count). The molecule has 0 aliphatic rings. The average molecular weight is 275 g/mol. The number of rotatable bonds is 7. The Bertz CT molecular complexity index is 563. The first-order chi connectivity index (χ1) is 9.65. The molecule has 0 unspecified atom stereocenters. The van der Waals surface area contributed by atoms with E-state index >= 15 is 0 Å². The highest BCUT2D eigenvalue weighted by Crippen LogP contribution is 2.17. The number of carbonyl (C=O) groups is 1. The fourth-order valence-electron chi connectivity index (χ4n) is 1.70. The van der Waals surface area contributed by atoms with E-state index in [0.717, 1.165) is 5.56 Å². The van der Waals surface area contributed by atoms with Crippen molar-refractivity contribution in [3.8, 4) is 11.5 Å². The van der Waals surface area contributed by atoms with E-state index in [2.05, 4.69) is 15.5 Å². The molecule has 6 nitrogen and oxygen atoms in total. The Morgan fingerprint density at radius 3 is 2.75 bits per heavy atom. The average Bonchev–Trinajstić information content (AvgIpc) is 2.87. The van der Waals surface area contributed by atoms with Crippen LogP contribution in [-0.4, -0.2) is 27.8 Å². The lowest BCUT2D eigenvalue weighted by atomic mass is 10.1. The number of aryl methyl sites for hydroxylation is 1. The summed E-state index contributed by atoms with van der Waals surface area (Å²) in [5, 5.41) is 19.5. The standard InChI is InChI=1S/C14H17N3O3/c1-10-4-6-11(7-5-10)14-17-16-12(20-14)9-15-8-2-3-13(18)19/h4-7,15H,2-3,8-9H2,1H3,(H,18,19). The Morgan fingerprint density at radius 2 is 2.05 bits per heavy atom. The number of hydrogen-bond donors (Lipinski definition) is 2. The number of hydrogen-bond acceptors (Lipinski definition) is 5. The zero-order valence-corrected chi connectivity index (χ0v) is 11.3. The summed E-state index contributed by atoms with van der Waals surface area (Å²) < 4.78 is 5.54. The molecule has 0 spiro atoms. The van der Waals surface area contributed by atoms with E-state index in [1.807, 2.05) is 31.2 Å². The number of carboxylic acid groups (broad SMARTS) is 1. The third kappa shape index (κ3) is 4.17. The number of aliphatic carboxylic acids is 1. The number of carboxylic acids is 1. The minimum Gasteiger partial charge on any atom is -0.481 e. The molecule has 0 saturated heterocycles. The van der Waals surface area contributed by atoms with E-state index in [1.54, 1.807) is 0 Å². The molecule has 0 aliphatic heterocycles. The molecule has 1 heterocycles. The summed E-state index contributed by atoms with van der Waals surface area (Å²) in [5.41, 5.74) is 2.06. The topological polar surface area (TPSA) is 88.2 Å². The second-order valence-corrected chi connectivity index (χ2v) is 4.54. The minimum absolute atomic E-state index is 0.158. The van der Waals surface area contributed by atoms with Gasteiger partial charge in [0.2, 0.25) is 11.8 Å². The zero-order chi connectivity index (χ0) is 14.4. The van der Waals surface area contributed by atoms with Crippen LogP contribution in [0, 0.1) is 6.92 Å². The quantitative estimate of drug-likeness (QED) is 0.751. The predicted molar refractivity (Wildman–Crippen MR) is 73.0 cm³/mol. The van der Waals surface area contributed by atoms with Crippen molar-refractivity contribution in [1.29, 1.82) is 0 Å². The van der Waals surface area contributed by atoms with Gasteiger partial charge in [-0.3, -0.25) is 4.79 Å². The molecule has 2 aromatic rings. The predicted octanol–water partition coefficient (Wildman–Crippen LogP) is 2.00. The smallest absolute Gasteiger partial charge is 0.303 e. The van der Waals surface area contributed by atoms with Crippen LogP contribution in [0.1, 0.15) is 24.3 Å². The van der Waals surface area contributed by atoms with E-state index in [1.165, 1.54) is 5.56 Å². The Labute approximate surface area is 116 Å². The van der Waals surface area contributed by atoms with Crippen LogP contribution in [0.3, 0.4) is 0 Å². The Morgan fingerprint density at radius 1 is 1.30 bits per heavy atom. The first-order valence-corrected chi connectivity index (χ1v) is 6.47. The molecular formula is C14H17N3O3. The zero-order valence-electron chi connectivity index (χ0n) is 11.3. The maximum absolute atomic E-state index is 10.3. The van der Waals surface area contributed by atoms with Crippen molar-refractivity contribution in [3.63, 3.8) is 0 Å². The van der Waals surface area contributed by atoms with Crippen LogP contribution in [0.4, 0.5) is 0 Å². The van der Waals surface area contributed by atoms with Gasteiger partial charge in [0.05, 0.1) is 6.54 Å². The summed E-state index contributed by atoms with van der Waals surface area (Å²) in [6.07, 6.45) is 0.736. The molecule has 0 amide bonds. The van der Waals surface area contributed by atoms with Gasteiger partial charge in [0.15, 0.2) is 0 Å². The highest BCUT2D eigenvalue weighted by molar-refractivity contribution is 5.66. The molecular weight excluding hydrogens is 258 g/mol. The highest BCUT2D eigenvalue weighted by Gasteiger charge is 2.07. The van der Waals surface area contributed by atoms with Crippen molar-refractivity contribution in [2.24, 2.45) is 0 Å². The number of benzene rings is 1. The number of aromatic nitrogens is 2. The normalized spacial score (nSPS) is 10.7. The highest BCUT2D eigenvalue weighted by atomic mass is 16.4. The van der Waals surface area contributed by atoms with Crippen molar-refractivity contribution in [1.82, 2.24) is 15.5 Å². The van der Waals surface area contributed by atoms with Gasteiger partial charge in [0.25, 0.3) is 0 Å². The Balaban J connectivity index is 1.83. The van der Waals surface area contributed by atoms with E-state index in [4.69, 9.17) is 9.52 Å². The molecule has 0 saturated carbocycles. The van der Waals surface area contributed by atoms with E-state index in [-0.39, 0.29) is 6.42 Å². The number of nitrogens with zero attached hydrogens (tertiary/aromatic N) is 2. The molecule has 1 aromatic heterocycles. The van der Waals surface area contributed by atoms with Gasteiger partial charge in [-0.2, -0.15) is 0 Å². The van der Waals surface area contributed by atoms with Crippen molar-refractivity contribution in [3.05, 3.63) is 35.7 Å². The van der Waals surface area contributed by atoms with E-state index in [0.29, 0.717) is 31.3 Å². The molecule has 0 fully saturated rings. The summed E-state index contributed by atoms with van der Waals surface area (Å²) in [4.78, 5) is 10.3. The number of nitrogens with one attached hydrogen (secondary N) is 1. The molecule has 106 valence electrons. The van der Waals surface area contributed by atoms with Gasteiger partial charge >= 0.3 is 5.97 Å². The van der Waals surface area contributed by atoms with Crippen molar-refractivity contribution >= 4 is 5.97 Å². The molecule has 6 heteroatoms. The fourth-order valence-corrected chi connectivity index (χ4v) is 1.70. The van der Waals surface area contributed by atoms with Gasteiger partial charge in [-0.15, -0.1) is 10.2 Å². The second-order valence-electron chi connectivity index (χ2n) is 4.54. The summed E-state index contributed by atoms with van der Waals surface area (Å²) in [6, 6.07) is 7.85. The lowest BCUT2D eigenvalue weighted by Gasteiger charge is -1.99. The molecule has 0 aliphatic carbocycles. The molecule has 1 aromatic carbocycles. The third-order valence-electron chi connectivity index (χ3n) is 2.79. The molecule has 2 N–H and O–H groups in total. The van der Waals surface area contributed by atoms with Gasteiger partial charge in [0.1, 0.15) is 0 Å². The minimum atomic E-state index is -0.786. The van der Waals surface area contributed by atoms with Gasteiger partial charge in [-0.05, 0) is 32.0 Å². The van der Waals surface area contributed by atoms with Gasteiger partial charge in [-0.1, -0.05) is 17.7 Å². The van der Waals surface area contributed by atoms with Crippen LogP contribution in [0.25, 0.3) is 11.5 Å². The Hall–Kier alpha value is -2.21. The van der Waals surface area contributed by atoms with Crippen LogP contribution in [-0.2, 0) is 11.3 Å². The molecule has 20 heavy (non-hydrogen) atoms. The van der Waals surface area contributed by atoms with E-state index in [9.17, 15) is 4.79 Å². The SMILES string of the molecule is Cc1ccc(-c2nnc(CNCCCC(=O)O)o2)cc1. The third-order valence-corrected chi connectivity index (χ3v) is 2.79. The van der Waals surface area contributed by atoms with Crippen molar-refractivity contribution in [2.75, 3.05) is 6.54 Å². The van der Waals surface area contributed by atoms with Crippen LogP contribution in [0.15, 0.2) is 28.7 Å². The van der Waals surface area contributed by atoms with Gasteiger partial charge in [-0.25, -0.2) is 0 Å². The second kappa shape index (κ2) is 6.81. The molecule has 0 radical (unpaired) electrons. The van der Waals surface area contributed by atoms with Crippen LogP contribution < -0.4 is 5.32 Å². The first-order valence-electron chi connectivity index (χ1n) is 6.47. The first kappa shape index (κ1) is 14.2. The molecule has 0 bridgehead atoms. The van der Waals surface area contributed by atoms with Crippen molar-refractivity contribution in [2.45, 2.75) is 26.3 Å². The van der Waals surface area contributed by atoms with Crippen molar-refractivity contribution < 1.29 is 14.3 Å². The van der Waals surface area contributed by atoms with E-state index < -0.39 is 5.97 Å². The van der Waals surface area contributed by atoms with Crippen LogP contribution in [0.2, 0.25) is 0 Å². The summed E-state index contributed by atoms with van der Waals surface area (Å²) in [7, 11) is 0. The monoisotopic (exact) mass is 275 g/mol. The maximum atomic E-state index is 10.3. The van der Waals surface area contributed by atoms with Crippen LogP contribution >= 0.6 is 0 Å². The summed E-state index contributed by atoms with van der Waals surface area (Å²) in [6.45, 7) is 3.07. The lowest BCUT2D eigenvalue weighted by molar-refractivity contribution is -0.137. The van der Waals surface area contributed by atoms with Gasteiger partial charge in [0, 0.05) is 12.0 Å². The Kier molecular flexibility index (Phi) is 4.84.